The van der Waals surface area contributed by atoms with Crippen LogP contribution in [0, 0.1) is 0 Å². The SMILES string of the molecule is CCCCC(=O)N[C@H]1CC(=O)N(c2ccccc2)C1. The molecule has 4 nitrogen and oxygen atoms in total. The molecule has 1 aromatic rings. The number of carbonyl (C=O) groups excluding carboxylic acids is 2. The standard InChI is InChI=1S/C15H20N2O2/c1-2-3-9-14(18)16-12-10-15(19)17(11-12)13-7-5-4-6-8-13/h4-8,12H,2-3,9-11H2,1H3,(H,16,18)/t12-/m0/s1. The number of rotatable bonds is 5. The van der Waals surface area contributed by atoms with Gasteiger partial charge in [0.15, 0.2) is 0 Å². The third-order valence-corrected chi connectivity index (χ3v) is 3.32. The minimum Gasteiger partial charge on any atom is -0.351 e. The second-order valence-corrected chi connectivity index (χ2v) is 4.91. The van der Waals surface area contributed by atoms with E-state index in [1.807, 2.05) is 30.3 Å². The topological polar surface area (TPSA) is 49.4 Å². The zero-order valence-electron chi connectivity index (χ0n) is 11.3. The van der Waals surface area contributed by atoms with E-state index >= 15 is 0 Å². The van der Waals surface area contributed by atoms with Crippen LogP contribution in [0.1, 0.15) is 32.6 Å². The molecule has 0 aliphatic carbocycles. The Balaban J connectivity index is 1.91. The van der Waals surface area contributed by atoms with Gasteiger partial charge in [-0.15, -0.1) is 0 Å². The monoisotopic (exact) mass is 260 g/mol. The van der Waals surface area contributed by atoms with E-state index in [1.165, 1.54) is 0 Å². The number of hydrogen-bond acceptors (Lipinski definition) is 2. The molecule has 0 unspecified atom stereocenters. The summed E-state index contributed by atoms with van der Waals surface area (Å²) >= 11 is 0. The first-order chi connectivity index (χ1) is 9.20. The van der Waals surface area contributed by atoms with Gasteiger partial charge in [0.25, 0.3) is 0 Å². The van der Waals surface area contributed by atoms with Crippen LogP contribution in [0.4, 0.5) is 5.69 Å². The molecule has 0 bridgehead atoms. The van der Waals surface area contributed by atoms with E-state index in [0.717, 1.165) is 18.5 Å². The highest BCUT2D eigenvalue weighted by Crippen LogP contribution is 2.21. The van der Waals surface area contributed by atoms with Crippen molar-refractivity contribution in [3.8, 4) is 0 Å². The summed E-state index contributed by atoms with van der Waals surface area (Å²) < 4.78 is 0. The third kappa shape index (κ3) is 3.56. The Bertz CT molecular complexity index is 445. The Labute approximate surface area is 113 Å². The largest absolute Gasteiger partial charge is 0.351 e. The maximum absolute atomic E-state index is 12.0. The summed E-state index contributed by atoms with van der Waals surface area (Å²) in [7, 11) is 0. The second kappa shape index (κ2) is 6.36. The average Bonchev–Trinajstić information content (AvgIpc) is 2.78. The smallest absolute Gasteiger partial charge is 0.229 e. The van der Waals surface area contributed by atoms with E-state index in [0.29, 0.717) is 19.4 Å². The van der Waals surface area contributed by atoms with Crippen LogP contribution in [0.5, 0.6) is 0 Å². The molecule has 0 spiro atoms. The zero-order chi connectivity index (χ0) is 13.7. The molecule has 1 fully saturated rings. The summed E-state index contributed by atoms with van der Waals surface area (Å²) in [5.74, 6) is 0.126. The normalized spacial score (nSPS) is 18.7. The first-order valence-electron chi connectivity index (χ1n) is 6.85. The maximum atomic E-state index is 12.0. The Morgan fingerprint density at radius 1 is 1.37 bits per heavy atom. The minimum atomic E-state index is -0.0583. The van der Waals surface area contributed by atoms with Crippen molar-refractivity contribution in [2.75, 3.05) is 11.4 Å². The highest BCUT2D eigenvalue weighted by Gasteiger charge is 2.31. The van der Waals surface area contributed by atoms with Crippen LogP contribution >= 0.6 is 0 Å². The lowest BCUT2D eigenvalue weighted by atomic mass is 10.2. The fourth-order valence-corrected chi connectivity index (χ4v) is 2.30. The molecular formula is C15H20N2O2. The molecule has 1 aliphatic rings. The summed E-state index contributed by atoms with van der Waals surface area (Å²) in [5.41, 5.74) is 0.901. The van der Waals surface area contributed by atoms with Gasteiger partial charge < -0.3 is 10.2 Å². The molecular weight excluding hydrogens is 240 g/mol. The van der Waals surface area contributed by atoms with Crippen molar-refractivity contribution in [3.05, 3.63) is 30.3 Å². The summed E-state index contributed by atoms with van der Waals surface area (Å²) in [4.78, 5) is 25.4. The first-order valence-corrected chi connectivity index (χ1v) is 6.85. The molecule has 0 aromatic heterocycles. The van der Waals surface area contributed by atoms with Gasteiger partial charge in [0.1, 0.15) is 0 Å². The molecule has 1 aliphatic heterocycles. The fourth-order valence-electron chi connectivity index (χ4n) is 2.30. The molecule has 4 heteroatoms. The minimum absolute atomic E-state index is 0.0505. The average molecular weight is 260 g/mol. The zero-order valence-corrected chi connectivity index (χ0v) is 11.3. The van der Waals surface area contributed by atoms with E-state index in [-0.39, 0.29) is 17.9 Å². The van der Waals surface area contributed by atoms with E-state index in [1.54, 1.807) is 4.90 Å². The third-order valence-electron chi connectivity index (χ3n) is 3.32. The first kappa shape index (κ1) is 13.6. The van der Waals surface area contributed by atoms with Gasteiger partial charge in [0.05, 0.1) is 6.04 Å². The van der Waals surface area contributed by atoms with Crippen LogP contribution in [0.3, 0.4) is 0 Å². The lowest BCUT2D eigenvalue weighted by Gasteiger charge is -2.17. The van der Waals surface area contributed by atoms with Crippen molar-refractivity contribution in [1.29, 1.82) is 0 Å². The summed E-state index contributed by atoms with van der Waals surface area (Å²) in [6.07, 6.45) is 2.85. The molecule has 1 atom stereocenters. The molecule has 1 N–H and O–H groups in total. The van der Waals surface area contributed by atoms with Crippen LogP contribution in [0.15, 0.2) is 30.3 Å². The van der Waals surface area contributed by atoms with E-state index in [4.69, 9.17) is 0 Å². The predicted octanol–water partition coefficient (Wildman–Crippen LogP) is 2.10. The predicted molar refractivity (Wildman–Crippen MR) is 74.9 cm³/mol. The van der Waals surface area contributed by atoms with Crippen molar-refractivity contribution in [2.45, 2.75) is 38.6 Å². The molecule has 102 valence electrons. The number of nitrogens with zero attached hydrogens (tertiary/aromatic N) is 1. The molecule has 1 aromatic carbocycles. The van der Waals surface area contributed by atoms with Crippen molar-refractivity contribution < 1.29 is 9.59 Å². The number of nitrogens with one attached hydrogen (secondary N) is 1. The van der Waals surface area contributed by atoms with Crippen LogP contribution in [0.2, 0.25) is 0 Å². The second-order valence-electron chi connectivity index (χ2n) is 4.91. The quantitative estimate of drug-likeness (QED) is 0.881. The van der Waals surface area contributed by atoms with Gasteiger partial charge in [-0.2, -0.15) is 0 Å². The summed E-state index contributed by atoms with van der Waals surface area (Å²) in [6.45, 7) is 2.63. The Kier molecular flexibility index (Phi) is 4.55. The molecule has 0 radical (unpaired) electrons. The summed E-state index contributed by atoms with van der Waals surface area (Å²) in [6, 6.07) is 9.52. The number of hydrogen-bond donors (Lipinski definition) is 1. The van der Waals surface area contributed by atoms with Gasteiger partial charge >= 0.3 is 0 Å². The molecule has 2 rings (SSSR count). The Hall–Kier alpha value is -1.84. The highest BCUT2D eigenvalue weighted by atomic mass is 16.2. The lowest BCUT2D eigenvalue weighted by Crippen LogP contribution is -2.37. The maximum Gasteiger partial charge on any atom is 0.229 e. The molecule has 2 amide bonds. The van der Waals surface area contributed by atoms with E-state index in [9.17, 15) is 9.59 Å². The van der Waals surface area contributed by atoms with Crippen LogP contribution < -0.4 is 10.2 Å². The van der Waals surface area contributed by atoms with Crippen LogP contribution in [0.25, 0.3) is 0 Å². The van der Waals surface area contributed by atoms with Gasteiger partial charge in [-0.05, 0) is 18.6 Å². The molecule has 1 saturated heterocycles. The lowest BCUT2D eigenvalue weighted by molar-refractivity contribution is -0.121. The van der Waals surface area contributed by atoms with Crippen LogP contribution in [-0.2, 0) is 9.59 Å². The molecule has 0 saturated carbocycles. The summed E-state index contributed by atoms with van der Waals surface area (Å²) in [5, 5.41) is 2.94. The van der Waals surface area contributed by atoms with Crippen molar-refractivity contribution in [3.63, 3.8) is 0 Å². The van der Waals surface area contributed by atoms with Gasteiger partial charge in [-0.1, -0.05) is 31.5 Å². The number of benzene rings is 1. The highest BCUT2D eigenvalue weighted by molar-refractivity contribution is 5.96. The fraction of sp³-hybridized carbons (Fsp3) is 0.467. The number of unbranched alkanes of at least 4 members (excludes halogenated alkanes) is 1. The Morgan fingerprint density at radius 3 is 2.79 bits per heavy atom. The number of para-hydroxylation sites is 1. The number of amides is 2. The van der Waals surface area contributed by atoms with Gasteiger partial charge in [0, 0.05) is 25.1 Å². The van der Waals surface area contributed by atoms with Crippen molar-refractivity contribution in [2.24, 2.45) is 0 Å². The number of anilines is 1. The van der Waals surface area contributed by atoms with Gasteiger partial charge in [-0.25, -0.2) is 0 Å². The van der Waals surface area contributed by atoms with E-state index in [2.05, 4.69) is 12.2 Å². The van der Waals surface area contributed by atoms with Crippen LogP contribution in [-0.4, -0.2) is 24.4 Å². The van der Waals surface area contributed by atoms with Crippen molar-refractivity contribution >= 4 is 17.5 Å². The van der Waals surface area contributed by atoms with E-state index < -0.39 is 0 Å². The molecule has 1 heterocycles. The molecule has 19 heavy (non-hydrogen) atoms. The van der Waals surface area contributed by atoms with Crippen molar-refractivity contribution in [1.82, 2.24) is 5.32 Å². The Morgan fingerprint density at radius 2 is 2.11 bits per heavy atom. The van der Waals surface area contributed by atoms with Gasteiger partial charge in [-0.3, -0.25) is 9.59 Å². The van der Waals surface area contributed by atoms with Gasteiger partial charge in [0.2, 0.25) is 11.8 Å². The number of carbonyl (C=O) groups is 2.